The molecule has 2 rings (SSSR count). The van der Waals surface area contributed by atoms with Gasteiger partial charge < -0.3 is 0 Å². The molecule has 2 aromatic rings. The first-order valence-electron chi connectivity index (χ1n) is 4.82. The third kappa shape index (κ3) is 1.99. The van der Waals surface area contributed by atoms with Gasteiger partial charge in [0.2, 0.25) is 5.82 Å². The number of hydrogen-bond acceptors (Lipinski definition) is 4. The SMILES string of the molecule is Cc1ncn(-c2nc(Cl)ccc2[N+](=O)[O-])c1C. The molecule has 0 aromatic carbocycles. The van der Waals surface area contributed by atoms with Gasteiger partial charge in [-0.05, 0) is 19.9 Å². The van der Waals surface area contributed by atoms with E-state index in [1.165, 1.54) is 18.5 Å². The number of pyridine rings is 1. The number of imidazole rings is 1. The van der Waals surface area contributed by atoms with Crippen LogP contribution in [0.5, 0.6) is 0 Å². The number of hydrogen-bond donors (Lipinski definition) is 0. The van der Waals surface area contributed by atoms with Crippen LogP contribution >= 0.6 is 11.6 Å². The molecule has 0 saturated heterocycles. The van der Waals surface area contributed by atoms with Crippen LogP contribution in [0.1, 0.15) is 11.4 Å². The zero-order valence-corrected chi connectivity index (χ0v) is 9.97. The Morgan fingerprint density at radius 3 is 2.65 bits per heavy atom. The zero-order chi connectivity index (χ0) is 12.6. The maximum absolute atomic E-state index is 10.9. The highest BCUT2D eigenvalue weighted by molar-refractivity contribution is 6.29. The van der Waals surface area contributed by atoms with Gasteiger partial charge in [-0.2, -0.15) is 0 Å². The van der Waals surface area contributed by atoms with Crippen molar-refractivity contribution in [2.45, 2.75) is 13.8 Å². The molecule has 0 aliphatic rings. The minimum absolute atomic E-state index is 0.102. The molecule has 0 saturated carbocycles. The normalized spacial score (nSPS) is 10.5. The van der Waals surface area contributed by atoms with Crippen LogP contribution in [-0.4, -0.2) is 19.5 Å². The van der Waals surface area contributed by atoms with E-state index in [0.29, 0.717) is 0 Å². The van der Waals surface area contributed by atoms with Gasteiger partial charge in [0.1, 0.15) is 11.5 Å². The highest BCUT2D eigenvalue weighted by atomic mass is 35.5. The maximum atomic E-state index is 10.9. The second-order valence-electron chi connectivity index (χ2n) is 3.52. The third-order valence-corrected chi connectivity index (χ3v) is 2.71. The molecule has 17 heavy (non-hydrogen) atoms. The van der Waals surface area contributed by atoms with Gasteiger partial charge in [-0.1, -0.05) is 11.6 Å². The number of aromatic nitrogens is 3. The Balaban J connectivity index is 2.69. The molecular formula is C10H9ClN4O2. The first kappa shape index (κ1) is 11.5. The van der Waals surface area contributed by atoms with E-state index < -0.39 is 4.92 Å². The van der Waals surface area contributed by atoms with E-state index in [1.807, 2.05) is 13.8 Å². The summed E-state index contributed by atoms with van der Waals surface area (Å²) in [6.45, 7) is 3.64. The largest absolute Gasteiger partial charge is 0.312 e. The van der Waals surface area contributed by atoms with Gasteiger partial charge in [0.15, 0.2) is 0 Å². The highest BCUT2D eigenvalue weighted by Gasteiger charge is 2.19. The van der Waals surface area contributed by atoms with Crippen LogP contribution < -0.4 is 0 Å². The predicted molar refractivity (Wildman–Crippen MR) is 62.5 cm³/mol. The van der Waals surface area contributed by atoms with Gasteiger partial charge in [0.05, 0.1) is 10.6 Å². The van der Waals surface area contributed by atoms with E-state index in [0.717, 1.165) is 11.4 Å². The molecule has 6 nitrogen and oxygen atoms in total. The number of nitro groups is 1. The lowest BCUT2D eigenvalue weighted by molar-refractivity contribution is -0.384. The molecule has 0 spiro atoms. The average Bonchev–Trinajstić information content (AvgIpc) is 2.59. The van der Waals surface area contributed by atoms with Crippen LogP contribution in [0.25, 0.3) is 5.82 Å². The van der Waals surface area contributed by atoms with Crippen LogP contribution in [0, 0.1) is 24.0 Å². The van der Waals surface area contributed by atoms with Gasteiger partial charge >= 0.3 is 5.69 Å². The fourth-order valence-corrected chi connectivity index (χ4v) is 1.59. The maximum Gasteiger partial charge on any atom is 0.312 e. The Labute approximate surface area is 102 Å². The first-order valence-corrected chi connectivity index (χ1v) is 5.20. The Hall–Kier alpha value is -1.95. The molecule has 2 aromatic heterocycles. The molecule has 0 aliphatic heterocycles. The third-order valence-electron chi connectivity index (χ3n) is 2.50. The summed E-state index contributed by atoms with van der Waals surface area (Å²) in [6, 6.07) is 2.72. The quantitative estimate of drug-likeness (QED) is 0.467. The molecule has 0 radical (unpaired) electrons. The highest BCUT2D eigenvalue weighted by Crippen LogP contribution is 2.24. The van der Waals surface area contributed by atoms with Crippen molar-refractivity contribution in [3.63, 3.8) is 0 Å². The Morgan fingerprint density at radius 1 is 1.41 bits per heavy atom. The predicted octanol–water partition coefficient (Wildman–Crippen LogP) is 2.45. The molecule has 7 heteroatoms. The van der Waals surface area contributed by atoms with Crippen LogP contribution in [0.4, 0.5) is 5.69 Å². The van der Waals surface area contributed by atoms with Crippen molar-refractivity contribution in [1.29, 1.82) is 0 Å². The summed E-state index contributed by atoms with van der Waals surface area (Å²) in [4.78, 5) is 18.5. The van der Waals surface area contributed by atoms with Gasteiger partial charge in [0, 0.05) is 11.8 Å². The van der Waals surface area contributed by atoms with E-state index in [2.05, 4.69) is 9.97 Å². The Bertz CT molecular complexity index is 594. The van der Waals surface area contributed by atoms with Gasteiger partial charge in [-0.3, -0.25) is 14.7 Å². The first-order chi connectivity index (χ1) is 8.00. The van der Waals surface area contributed by atoms with E-state index in [-0.39, 0.29) is 16.7 Å². The van der Waals surface area contributed by atoms with E-state index in [9.17, 15) is 10.1 Å². The second kappa shape index (κ2) is 4.14. The molecule has 0 atom stereocenters. The summed E-state index contributed by atoms with van der Waals surface area (Å²) >= 11 is 5.76. The Kier molecular flexibility index (Phi) is 2.81. The summed E-state index contributed by atoms with van der Waals surface area (Å²) in [6.07, 6.45) is 1.50. The monoisotopic (exact) mass is 252 g/mol. The van der Waals surface area contributed by atoms with Crippen molar-refractivity contribution in [3.8, 4) is 5.82 Å². The van der Waals surface area contributed by atoms with E-state index in [1.54, 1.807) is 4.57 Å². The average molecular weight is 253 g/mol. The van der Waals surface area contributed by atoms with Crippen molar-refractivity contribution in [2.24, 2.45) is 0 Å². The van der Waals surface area contributed by atoms with Crippen LogP contribution in [0.2, 0.25) is 5.15 Å². The molecule has 0 bridgehead atoms. The van der Waals surface area contributed by atoms with Crippen LogP contribution in [0.3, 0.4) is 0 Å². The zero-order valence-electron chi connectivity index (χ0n) is 9.22. The fourth-order valence-electron chi connectivity index (χ4n) is 1.45. The second-order valence-corrected chi connectivity index (χ2v) is 3.91. The minimum atomic E-state index is -0.493. The van der Waals surface area contributed by atoms with Gasteiger partial charge in [-0.15, -0.1) is 0 Å². The number of aryl methyl sites for hydroxylation is 1. The van der Waals surface area contributed by atoms with E-state index in [4.69, 9.17) is 11.6 Å². The van der Waals surface area contributed by atoms with Crippen molar-refractivity contribution < 1.29 is 4.92 Å². The standard InChI is InChI=1S/C10H9ClN4O2/c1-6-7(2)14(5-12-6)10-8(15(16)17)3-4-9(11)13-10/h3-5H,1-2H3. The Morgan fingerprint density at radius 2 is 2.12 bits per heavy atom. The van der Waals surface area contributed by atoms with Crippen molar-refractivity contribution >= 4 is 17.3 Å². The lowest BCUT2D eigenvalue weighted by Gasteiger charge is -2.05. The summed E-state index contributed by atoms with van der Waals surface area (Å²) in [5.41, 5.74) is 1.49. The molecule has 2 heterocycles. The van der Waals surface area contributed by atoms with Crippen molar-refractivity contribution in [2.75, 3.05) is 0 Å². The molecule has 88 valence electrons. The molecule has 0 aliphatic carbocycles. The van der Waals surface area contributed by atoms with Crippen LogP contribution in [0.15, 0.2) is 18.5 Å². The summed E-state index contributed by atoms with van der Waals surface area (Å²) in [5, 5.41) is 11.1. The summed E-state index contributed by atoms with van der Waals surface area (Å²) < 4.78 is 1.55. The van der Waals surface area contributed by atoms with Crippen molar-refractivity contribution in [3.05, 3.63) is 45.1 Å². The van der Waals surface area contributed by atoms with Gasteiger partial charge in [0.25, 0.3) is 0 Å². The lowest BCUT2D eigenvalue weighted by atomic mass is 10.3. The minimum Gasteiger partial charge on any atom is -0.282 e. The molecule has 0 unspecified atom stereocenters. The smallest absolute Gasteiger partial charge is 0.282 e. The van der Waals surface area contributed by atoms with E-state index >= 15 is 0 Å². The molecule has 0 amide bonds. The molecule has 0 N–H and O–H groups in total. The summed E-state index contributed by atoms with van der Waals surface area (Å²) in [7, 11) is 0. The fraction of sp³-hybridized carbons (Fsp3) is 0.200. The van der Waals surface area contributed by atoms with Gasteiger partial charge in [-0.25, -0.2) is 9.97 Å². The number of halogens is 1. The number of nitrogens with zero attached hydrogens (tertiary/aromatic N) is 4. The van der Waals surface area contributed by atoms with Crippen LogP contribution in [-0.2, 0) is 0 Å². The van der Waals surface area contributed by atoms with Crippen molar-refractivity contribution in [1.82, 2.24) is 14.5 Å². The number of rotatable bonds is 2. The summed E-state index contributed by atoms with van der Waals surface area (Å²) in [5.74, 6) is 0.181. The lowest BCUT2D eigenvalue weighted by Crippen LogP contribution is -2.03. The molecule has 0 fully saturated rings. The molecular weight excluding hydrogens is 244 g/mol. The topological polar surface area (TPSA) is 73.8 Å².